The molecular formula is C15H32O2SSn. The molecule has 0 saturated heterocycles. The van der Waals surface area contributed by atoms with Crippen molar-refractivity contribution < 1.29 is 9.90 Å². The Morgan fingerprint density at radius 3 is 1.63 bits per heavy atom. The summed E-state index contributed by atoms with van der Waals surface area (Å²) in [7, 11) is 1.93. The summed E-state index contributed by atoms with van der Waals surface area (Å²) in [6, 6.07) is 0. The third-order valence-electron chi connectivity index (χ3n) is 3.73. The van der Waals surface area contributed by atoms with Gasteiger partial charge in [-0.1, -0.05) is 0 Å². The van der Waals surface area contributed by atoms with E-state index in [4.69, 9.17) is 0 Å². The van der Waals surface area contributed by atoms with E-state index in [1.54, 1.807) is 0 Å². The maximum absolute atomic E-state index is 11.2. The van der Waals surface area contributed by atoms with Crippen LogP contribution in [0, 0.1) is 0 Å². The Kier molecular flexibility index (Phi) is 11.7. The minimum atomic E-state index is -2.29. The van der Waals surface area contributed by atoms with E-state index in [9.17, 15) is 9.90 Å². The molecule has 0 aromatic carbocycles. The SMILES string of the molecule is CCC[CH2][Sn]([CH2]CCC)([CH2]CCC)[S]C(C)C(=O)O. The van der Waals surface area contributed by atoms with Crippen LogP contribution >= 0.6 is 8.95 Å². The van der Waals surface area contributed by atoms with Crippen molar-refractivity contribution in [1.29, 1.82) is 0 Å². The number of carboxylic acids is 1. The normalized spacial score (nSPS) is 13.5. The van der Waals surface area contributed by atoms with Gasteiger partial charge in [-0.3, -0.25) is 0 Å². The van der Waals surface area contributed by atoms with E-state index in [0.29, 0.717) is 0 Å². The van der Waals surface area contributed by atoms with Crippen LogP contribution in [0.15, 0.2) is 0 Å². The van der Waals surface area contributed by atoms with Gasteiger partial charge in [0.15, 0.2) is 0 Å². The molecule has 4 heteroatoms. The Bertz CT molecular complexity index is 225. The van der Waals surface area contributed by atoms with Gasteiger partial charge in [-0.05, 0) is 0 Å². The predicted octanol–water partition coefficient (Wildman–Crippen LogP) is 5.54. The van der Waals surface area contributed by atoms with E-state index in [1.807, 2.05) is 15.9 Å². The van der Waals surface area contributed by atoms with E-state index in [-0.39, 0.29) is 5.25 Å². The predicted molar refractivity (Wildman–Crippen MR) is 89.6 cm³/mol. The fourth-order valence-corrected chi connectivity index (χ4v) is 27.6. The van der Waals surface area contributed by atoms with E-state index < -0.39 is 23.0 Å². The molecule has 0 radical (unpaired) electrons. The Hall–Kier alpha value is 0.619. The molecule has 0 aliphatic heterocycles. The third-order valence-corrected chi connectivity index (χ3v) is 27.0. The van der Waals surface area contributed by atoms with Crippen LogP contribution in [0.5, 0.6) is 0 Å². The minimum absolute atomic E-state index is 0.193. The van der Waals surface area contributed by atoms with Gasteiger partial charge in [0, 0.05) is 0 Å². The van der Waals surface area contributed by atoms with Crippen molar-refractivity contribution in [2.24, 2.45) is 0 Å². The van der Waals surface area contributed by atoms with Gasteiger partial charge in [0.05, 0.1) is 0 Å². The van der Waals surface area contributed by atoms with Gasteiger partial charge in [-0.2, -0.15) is 0 Å². The van der Waals surface area contributed by atoms with Gasteiger partial charge in [-0.25, -0.2) is 0 Å². The monoisotopic (exact) mass is 396 g/mol. The molecule has 1 atom stereocenters. The van der Waals surface area contributed by atoms with Crippen LogP contribution in [0.4, 0.5) is 0 Å². The second-order valence-corrected chi connectivity index (χ2v) is 25.4. The molecule has 0 saturated carbocycles. The van der Waals surface area contributed by atoms with Crippen molar-refractivity contribution in [1.82, 2.24) is 0 Å². The molecule has 0 rings (SSSR count). The zero-order valence-electron chi connectivity index (χ0n) is 13.2. The number of rotatable bonds is 12. The fourth-order valence-electron chi connectivity index (χ4n) is 2.47. The summed E-state index contributed by atoms with van der Waals surface area (Å²) in [6.07, 6.45) is 7.67. The molecule has 19 heavy (non-hydrogen) atoms. The van der Waals surface area contributed by atoms with Crippen molar-refractivity contribution in [3.63, 3.8) is 0 Å². The van der Waals surface area contributed by atoms with Crippen molar-refractivity contribution in [2.45, 2.75) is 84.8 Å². The average Bonchev–Trinajstić information content (AvgIpc) is 2.40. The zero-order valence-corrected chi connectivity index (χ0v) is 16.9. The van der Waals surface area contributed by atoms with Gasteiger partial charge in [0.2, 0.25) is 0 Å². The molecule has 0 spiro atoms. The van der Waals surface area contributed by atoms with Crippen molar-refractivity contribution >= 4 is 31.9 Å². The zero-order chi connectivity index (χ0) is 14.7. The Morgan fingerprint density at radius 1 is 1.00 bits per heavy atom. The number of carbonyl (C=O) groups is 1. The van der Waals surface area contributed by atoms with Crippen LogP contribution in [-0.4, -0.2) is 33.3 Å². The quantitative estimate of drug-likeness (QED) is 0.441. The standard InChI is InChI=1S/3C4H9.C3H6O2S.Sn/c3*1-3-4-2;1-2(6)3(4)5;/h3*1,3-4H2,2H3;2,6H,1H3,(H,4,5);/q;;;;+1/p-1. The summed E-state index contributed by atoms with van der Waals surface area (Å²) in [5, 5.41) is 9.04. The molecule has 0 fully saturated rings. The van der Waals surface area contributed by atoms with Gasteiger partial charge in [-0.15, -0.1) is 0 Å². The van der Waals surface area contributed by atoms with Crippen LogP contribution in [-0.2, 0) is 4.79 Å². The first-order valence-corrected chi connectivity index (χ1v) is 18.3. The number of hydrogen-bond acceptors (Lipinski definition) is 2. The number of hydrogen-bond donors (Lipinski definition) is 1. The molecule has 0 amide bonds. The topological polar surface area (TPSA) is 37.3 Å². The molecule has 0 aromatic rings. The summed E-state index contributed by atoms with van der Waals surface area (Å²) >= 11 is -2.29. The van der Waals surface area contributed by atoms with Crippen molar-refractivity contribution in [2.75, 3.05) is 0 Å². The molecule has 2 nitrogen and oxygen atoms in total. The summed E-state index contributed by atoms with van der Waals surface area (Å²) in [6.45, 7) is 8.65. The summed E-state index contributed by atoms with van der Waals surface area (Å²) in [5.74, 6) is -0.615. The maximum atomic E-state index is 11.2. The van der Waals surface area contributed by atoms with Crippen LogP contribution < -0.4 is 0 Å². The number of unbranched alkanes of at least 4 members (excludes halogenated alkanes) is 3. The number of aliphatic carboxylic acids is 1. The fraction of sp³-hybridized carbons (Fsp3) is 0.933. The van der Waals surface area contributed by atoms with E-state index in [0.717, 1.165) is 0 Å². The third kappa shape index (κ3) is 8.48. The summed E-state index contributed by atoms with van der Waals surface area (Å²) < 4.78 is 4.15. The van der Waals surface area contributed by atoms with Gasteiger partial charge >= 0.3 is 127 Å². The second kappa shape index (κ2) is 11.3. The van der Waals surface area contributed by atoms with Crippen LogP contribution in [0.1, 0.15) is 66.2 Å². The first-order chi connectivity index (χ1) is 9.01. The Balaban J connectivity index is 4.80. The molecule has 114 valence electrons. The van der Waals surface area contributed by atoms with E-state index in [1.165, 1.54) is 51.8 Å². The molecule has 0 aromatic heterocycles. The summed E-state index contributed by atoms with van der Waals surface area (Å²) in [5.41, 5.74) is 0. The molecule has 0 aliphatic rings. The average molecular weight is 395 g/mol. The van der Waals surface area contributed by atoms with Crippen molar-refractivity contribution in [3.8, 4) is 0 Å². The first-order valence-electron chi connectivity index (χ1n) is 7.92. The number of carboxylic acid groups (broad SMARTS) is 1. The van der Waals surface area contributed by atoms with Gasteiger partial charge < -0.3 is 0 Å². The second-order valence-electron chi connectivity index (χ2n) is 5.59. The molecular weight excluding hydrogens is 363 g/mol. The Labute approximate surface area is 126 Å². The van der Waals surface area contributed by atoms with Crippen molar-refractivity contribution in [3.05, 3.63) is 0 Å². The molecule has 0 bridgehead atoms. The molecule has 0 heterocycles. The van der Waals surface area contributed by atoms with Crippen LogP contribution in [0.2, 0.25) is 13.3 Å². The molecule has 1 unspecified atom stereocenters. The Morgan fingerprint density at radius 2 is 1.37 bits per heavy atom. The first kappa shape index (κ1) is 19.6. The van der Waals surface area contributed by atoms with E-state index >= 15 is 0 Å². The summed E-state index contributed by atoms with van der Waals surface area (Å²) in [4.78, 5) is 11.2. The van der Waals surface area contributed by atoms with Gasteiger partial charge in [0.25, 0.3) is 0 Å². The van der Waals surface area contributed by atoms with Crippen LogP contribution in [0.25, 0.3) is 0 Å². The molecule has 0 aliphatic carbocycles. The van der Waals surface area contributed by atoms with Crippen LogP contribution in [0.3, 0.4) is 0 Å². The molecule has 1 N–H and O–H groups in total. The van der Waals surface area contributed by atoms with E-state index in [2.05, 4.69) is 20.8 Å². The van der Waals surface area contributed by atoms with Gasteiger partial charge in [0.1, 0.15) is 0 Å².